The number of piperidine rings is 3. The van der Waals surface area contributed by atoms with Crippen molar-refractivity contribution < 1.29 is 29.6 Å². The molecule has 0 unspecified atom stereocenters. The van der Waals surface area contributed by atoms with Crippen LogP contribution in [0.25, 0.3) is 65.1 Å². The van der Waals surface area contributed by atoms with E-state index in [1.165, 1.54) is 6.42 Å². The van der Waals surface area contributed by atoms with Gasteiger partial charge >= 0.3 is 11.9 Å². The molecule has 8 heteroatoms. The number of benzene rings is 7. The molecule has 3 N–H and O–H groups in total. The monoisotopic (exact) mass is 766 g/mol. The van der Waals surface area contributed by atoms with Crippen molar-refractivity contribution in [1.29, 1.82) is 0 Å². The molecule has 58 heavy (non-hydrogen) atoms. The molecule has 0 saturated carbocycles. The highest BCUT2D eigenvalue weighted by Gasteiger charge is 2.42. The van der Waals surface area contributed by atoms with Gasteiger partial charge in [0.2, 0.25) is 0 Å². The molecule has 7 aromatic carbocycles. The Bertz CT molecular complexity index is 2810. The lowest BCUT2D eigenvalue weighted by atomic mass is 9.73. The lowest BCUT2D eigenvalue weighted by Gasteiger charge is -2.50. The second-order valence-corrected chi connectivity index (χ2v) is 15.4. The molecule has 3 fully saturated rings. The van der Waals surface area contributed by atoms with E-state index in [-0.39, 0.29) is 17.2 Å². The van der Waals surface area contributed by atoms with E-state index >= 15 is 0 Å². The summed E-state index contributed by atoms with van der Waals surface area (Å²) in [7, 11) is 1.66. The summed E-state index contributed by atoms with van der Waals surface area (Å²) in [6.07, 6.45) is 5.62. The van der Waals surface area contributed by atoms with Crippen LogP contribution >= 0.6 is 0 Å². The third-order valence-electron chi connectivity index (χ3n) is 12.3. The lowest BCUT2D eigenvalue weighted by Crippen LogP contribution is -2.54. The number of carbonyl (C=O) groups is 2. The molecular weight excluding hydrogens is 725 g/mol. The second kappa shape index (κ2) is 15.0. The number of pyridine rings is 1. The van der Waals surface area contributed by atoms with Crippen molar-refractivity contribution >= 4 is 65.9 Å². The van der Waals surface area contributed by atoms with Gasteiger partial charge in [0.05, 0.1) is 29.9 Å². The minimum atomic E-state index is -1.10. The summed E-state index contributed by atoms with van der Waals surface area (Å²) in [6, 6.07) is 38.4. The van der Waals surface area contributed by atoms with Crippen LogP contribution in [-0.2, 0) is 0 Å². The molecular formula is C50H42N2O6. The van der Waals surface area contributed by atoms with E-state index in [2.05, 4.69) is 22.5 Å². The molecule has 3 saturated heterocycles. The van der Waals surface area contributed by atoms with Crippen LogP contribution in [0.15, 0.2) is 140 Å². The average molecular weight is 767 g/mol. The van der Waals surface area contributed by atoms with E-state index in [1.807, 2.05) is 97.1 Å². The van der Waals surface area contributed by atoms with Gasteiger partial charge in [-0.15, -0.1) is 6.58 Å². The first-order chi connectivity index (χ1) is 28.2. The summed E-state index contributed by atoms with van der Waals surface area (Å²) >= 11 is 0. The molecule has 288 valence electrons. The van der Waals surface area contributed by atoms with Crippen molar-refractivity contribution in [3.05, 3.63) is 157 Å². The standard InChI is InChI=1S/C30H18O4.C20H24N2O2/c31-29(32)23-11-9-21-13-17-5-1-3-7-19(17)15-25(21)27(23)28-24(30(33)34)12-10-22-14-18-6-2-4-8-20(18)16-26(22)28;1-3-13-12-22-9-7-14(13)10-19(22)20(23)16-6-8-21-18-5-4-15(24-2)11-17(16)18/h1-16H,(H,31,32)(H,33,34);3-6,8,11,13-14,19-20,23H,1,7,9-10,12H2,2H3/t;13-,14-,19+,20-/m.0/s1. The maximum absolute atomic E-state index is 12.4. The molecule has 2 bridgehead atoms. The second-order valence-electron chi connectivity index (χ2n) is 15.4. The molecule has 0 aliphatic carbocycles. The maximum Gasteiger partial charge on any atom is 0.336 e. The number of nitrogens with zero attached hydrogens (tertiary/aromatic N) is 2. The average Bonchev–Trinajstić information content (AvgIpc) is 3.26. The first-order valence-electron chi connectivity index (χ1n) is 19.6. The zero-order valence-electron chi connectivity index (χ0n) is 32.0. The number of carboxylic acids is 2. The van der Waals surface area contributed by atoms with E-state index in [4.69, 9.17) is 4.74 Å². The number of aromatic nitrogens is 1. The fraction of sp³-hybridized carbons (Fsp3) is 0.180. The first kappa shape index (κ1) is 37.0. The minimum absolute atomic E-state index is 0.0749. The number of ether oxygens (including phenoxy) is 1. The lowest BCUT2D eigenvalue weighted by molar-refractivity contribution is -0.0444. The fourth-order valence-electron chi connectivity index (χ4n) is 9.37. The molecule has 0 radical (unpaired) electrons. The third-order valence-corrected chi connectivity index (χ3v) is 12.3. The predicted octanol–water partition coefficient (Wildman–Crippen LogP) is 10.5. The number of hydrogen-bond acceptors (Lipinski definition) is 6. The molecule has 0 spiro atoms. The molecule has 4 heterocycles. The third kappa shape index (κ3) is 6.50. The van der Waals surface area contributed by atoms with E-state index in [1.54, 1.807) is 37.6 Å². The summed E-state index contributed by atoms with van der Waals surface area (Å²) in [6.45, 7) is 6.07. The molecule has 1 aromatic heterocycles. The molecule has 0 amide bonds. The molecule has 3 aliphatic rings. The summed E-state index contributed by atoms with van der Waals surface area (Å²) in [5, 5.41) is 39.5. The number of aromatic carboxylic acids is 2. The van der Waals surface area contributed by atoms with Gasteiger partial charge in [0.25, 0.3) is 0 Å². The van der Waals surface area contributed by atoms with Crippen LogP contribution in [0.2, 0.25) is 0 Å². The van der Waals surface area contributed by atoms with Crippen molar-refractivity contribution in [2.24, 2.45) is 11.8 Å². The van der Waals surface area contributed by atoms with Crippen LogP contribution in [0.3, 0.4) is 0 Å². The van der Waals surface area contributed by atoms with Gasteiger partial charge in [0.15, 0.2) is 0 Å². The number of carboxylic acid groups (broad SMARTS) is 2. The van der Waals surface area contributed by atoms with Crippen molar-refractivity contribution in [2.45, 2.75) is 25.0 Å². The number of methoxy groups -OCH3 is 1. The van der Waals surface area contributed by atoms with E-state index in [9.17, 15) is 24.9 Å². The molecule has 8 nitrogen and oxygen atoms in total. The topological polar surface area (TPSA) is 120 Å². The summed E-state index contributed by atoms with van der Waals surface area (Å²) in [5.41, 5.74) is 2.85. The van der Waals surface area contributed by atoms with Crippen LogP contribution in [0.4, 0.5) is 0 Å². The highest BCUT2D eigenvalue weighted by atomic mass is 16.5. The van der Waals surface area contributed by atoms with Crippen LogP contribution in [-0.4, -0.2) is 63.4 Å². The number of rotatable bonds is 7. The van der Waals surface area contributed by atoms with Crippen LogP contribution in [0.5, 0.6) is 5.75 Å². The Morgan fingerprint density at radius 3 is 1.81 bits per heavy atom. The van der Waals surface area contributed by atoms with Crippen LogP contribution in [0, 0.1) is 11.8 Å². The highest BCUT2D eigenvalue weighted by Crippen LogP contribution is 2.43. The zero-order chi connectivity index (χ0) is 40.1. The predicted molar refractivity (Wildman–Crippen MR) is 231 cm³/mol. The Morgan fingerprint density at radius 2 is 1.31 bits per heavy atom. The quantitative estimate of drug-likeness (QED) is 0.108. The number of aliphatic hydroxyl groups excluding tert-OH is 1. The first-order valence-corrected chi connectivity index (χ1v) is 19.6. The molecule has 5 atom stereocenters. The van der Waals surface area contributed by atoms with Gasteiger partial charge in [-0.3, -0.25) is 9.88 Å². The van der Waals surface area contributed by atoms with Gasteiger partial charge in [-0.05, 0) is 141 Å². The van der Waals surface area contributed by atoms with E-state index in [0.717, 1.165) is 74.0 Å². The van der Waals surface area contributed by atoms with Crippen molar-refractivity contribution in [1.82, 2.24) is 9.88 Å². The minimum Gasteiger partial charge on any atom is -0.497 e. The summed E-state index contributed by atoms with van der Waals surface area (Å²) in [5.74, 6) is -0.189. The van der Waals surface area contributed by atoms with Gasteiger partial charge in [0.1, 0.15) is 5.75 Å². The van der Waals surface area contributed by atoms with Gasteiger partial charge < -0.3 is 20.1 Å². The van der Waals surface area contributed by atoms with Crippen LogP contribution < -0.4 is 4.74 Å². The molecule has 3 aliphatic heterocycles. The highest BCUT2D eigenvalue weighted by molar-refractivity contribution is 6.20. The van der Waals surface area contributed by atoms with Crippen molar-refractivity contribution in [3.8, 4) is 16.9 Å². The Hall–Kier alpha value is -6.61. The SMILES string of the molecule is C=C[C@H]1C[N@]2CC[C@H]1C[C@@H]2[C@@H](O)c1ccnc2ccc(OC)cc12.O=C(O)c1ccc2cc3ccccc3cc2c1-c1c(C(=O)O)ccc2cc3ccccc3cc12. The van der Waals surface area contributed by atoms with Crippen molar-refractivity contribution in [3.63, 3.8) is 0 Å². The molecule has 8 aromatic rings. The summed E-state index contributed by atoms with van der Waals surface area (Å²) in [4.78, 5) is 31.6. The van der Waals surface area contributed by atoms with Gasteiger partial charge in [-0.1, -0.05) is 66.7 Å². The fourth-order valence-corrected chi connectivity index (χ4v) is 9.37. The van der Waals surface area contributed by atoms with Gasteiger partial charge in [0, 0.05) is 35.3 Å². The smallest absolute Gasteiger partial charge is 0.336 e. The number of hydrogen-bond donors (Lipinski definition) is 3. The Labute approximate surface area is 335 Å². The Kier molecular flexibility index (Phi) is 9.60. The van der Waals surface area contributed by atoms with Gasteiger partial charge in [-0.2, -0.15) is 0 Å². The molecule has 11 rings (SSSR count). The van der Waals surface area contributed by atoms with Gasteiger partial charge in [-0.25, -0.2) is 9.59 Å². The number of aliphatic hydroxyl groups is 1. The van der Waals surface area contributed by atoms with E-state index < -0.39 is 18.0 Å². The normalized spacial score (nSPS) is 19.2. The Morgan fingerprint density at radius 1 is 0.741 bits per heavy atom. The summed E-state index contributed by atoms with van der Waals surface area (Å²) < 4.78 is 5.35. The van der Waals surface area contributed by atoms with Crippen molar-refractivity contribution in [2.75, 3.05) is 20.2 Å². The number of fused-ring (bicyclic) bond motifs is 8. The van der Waals surface area contributed by atoms with Crippen LogP contribution in [0.1, 0.15) is 45.2 Å². The Balaban J connectivity index is 0.000000160. The van der Waals surface area contributed by atoms with E-state index in [0.29, 0.717) is 33.7 Å². The largest absolute Gasteiger partial charge is 0.497 e. The maximum atomic E-state index is 12.4. The zero-order valence-corrected chi connectivity index (χ0v) is 32.0.